The first kappa shape index (κ1) is 68.4. The van der Waals surface area contributed by atoms with Crippen molar-refractivity contribution >= 4 is 40.7 Å². The standard InChI is InChI=1S/C29H31NO3.C29H29NO3.C24H23NO2/c2*1-20(2)26-16-27(21(3)14-28(26)33-19-23-8-5-4-6-9-23)29(32)30-17-24-12-11-22(10-7-13-31)15-25(24)18-30;1-6-13-25(14-7-2)24(26)22-16-21(18(3)4)23(15-19(22)5)27-17-20-11-9-8-10-12-20/h4-6,8-9,11-12,14-16,31H,1,7,10,13,17-19H2,2-3H3;4-6,8-9,11-16H,1,7,10,17-19H2,2-3H3;1-2,8-12,15-16H,3,13-14,17H2,4-5H3. The van der Waals surface area contributed by atoms with Gasteiger partial charge in [0.25, 0.3) is 17.7 Å². The van der Waals surface area contributed by atoms with Crippen molar-refractivity contribution in [2.75, 3.05) is 19.7 Å². The van der Waals surface area contributed by atoms with Gasteiger partial charge in [-0.05, 0) is 181 Å². The number of benzene rings is 8. The van der Waals surface area contributed by atoms with Gasteiger partial charge in [0.15, 0.2) is 0 Å². The number of carbonyl (C=O) groups excluding carboxylic acids is 4. The van der Waals surface area contributed by atoms with Crippen LogP contribution < -0.4 is 14.2 Å². The van der Waals surface area contributed by atoms with Gasteiger partial charge in [0, 0.05) is 72.6 Å². The molecule has 93 heavy (non-hydrogen) atoms. The van der Waals surface area contributed by atoms with E-state index in [1.54, 1.807) is 6.07 Å². The third kappa shape index (κ3) is 18.2. The molecule has 0 radical (unpaired) electrons. The summed E-state index contributed by atoms with van der Waals surface area (Å²) in [7, 11) is 0. The van der Waals surface area contributed by atoms with Gasteiger partial charge in [0.1, 0.15) is 43.4 Å². The van der Waals surface area contributed by atoms with Gasteiger partial charge in [0.05, 0.1) is 13.1 Å². The fraction of sp³-hybridized carbons (Fsp3) is 0.244. The average Bonchev–Trinajstić information content (AvgIpc) is 1.81. The molecule has 0 fully saturated rings. The van der Waals surface area contributed by atoms with Crippen LogP contribution >= 0.6 is 0 Å². The van der Waals surface area contributed by atoms with Gasteiger partial charge in [0.2, 0.25) is 0 Å². The van der Waals surface area contributed by atoms with Crippen LogP contribution in [0.25, 0.3) is 16.7 Å². The van der Waals surface area contributed by atoms with Crippen LogP contribution in [-0.2, 0) is 63.6 Å². The molecule has 0 saturated carbocycles. The van der Waals surface area contributed by atoms with Crippen LogP contribution in [0.5, 0.6) is 17.2 Å². The minimum absolute atomic E-state index is 0.00949. The van der Waals surface area contributed by atoms with Gasteiger partial charge in [-0.25, -0.2) is 0 Å². The van der Waals surface area contributed by atoms with Crippen LogP contribution in [0, 0.1) is 45.5 Å². The molecule has 3 amide bonds. The summed E-state index contributed by atoms with van der Waals surface area (Å²) in [6, 6.07) is 54.0. The fourth-order valence-electron chi connectivity index (χ4n) is 11.2. The summed E-state index contributed by atoms with van der Waals surface area (Å²) in [6.45, 7) is 28.0. The van der Waals surface area contributed by atoms with Crippen molar-refractivity contribution in [2.45, 2.75) is 113 Å². The van der Waals surface area contributed by atoms with E-state index >= 15 is 0 Å². The van der Waals surface area contributed by atoms with Crippen LogP contribution in [0.15, 0.2) is 184 Å². The Morgan fingerprint density at radius 1 is 0.484 bits per heavy atom. The van der Waals surface area contributed by atoms with Crippen LogP contribution in [0.4, 0.5) is 0 Å². The van der Waals surface area contributed by atoms with Gasteiger partial charge in [-0.2, -0.15) is 0 Å². The maximum atomic E-state index is 13.5. The summed E-state index contributed by atoms with van der Waals surface area (Å²) in [6.07, 6.45) is 14.5. The summed E-state index contributed by atoms with van der Waals surface area (Å²) >= 11 is 0. The molecular formula is C82H83N3O8. The van der Waals surface area contributed by atoms with Crippen molar-refractivity contribution in [3.05, 3.63) is 284 Å². The quantitative estimate of drug-likeness (QED) is 0.0496. The third-order valence-corrected chi connectivity index (χ3v) is 16.3. The monoisotopic (exact) mass is 1240 g/mol. The first-order valence-corrected chi connectivity index (χ1v) is 31.3. The maximum absolute atomic E-state index is 13.5. The van der Waals surface area contributed by atoms with Gasteiger partial charge >= 0.3 is 0 Å². The van der Waals surface area contributed by atoms with E-state index in [4.69, 9.17) is 32.2 Å². The predicted molar refractivity (Wildman–Crippen MR) is 373 cm³/mol. The normalized spacial score (nSPS) is 11.7. The predicted octanol–water partition coefficient (Wildman–Crippen LogP) is 15.9. The Morgan fingerprint density at radius 2 is 0.839 bits per heavy atom. The molecule has 10 rings (SSSR count). The Balaban J connectivity index is 0.000000180. The minimum Gasteiger partial charge on any atom is -0.488 e. The van der Waals surface area contributed by atoms with Gasteiger partial charge in [-0.3, -0.25) is 14.4 Å². The van der Waals surface area contributed by atoms with Crippen LogP contribution in [-0.4, -0.2) is 63.5 Å². The zero-order valence-electron chi connectivity index (χ0n) is 54.5. The summed E-state index contributed by atoms with van der Waals surface area (Å²) in [5.74, 6) is 6.98. The second-order valence-corrected chi connectivity index (χ2v) is 23.8. The zero-order chi connectivity index (χ0) is 66.6. The highest BCUT2D eigenvalue weighted by molar-refractivity contribution is 5.99. The lowest BCUT2D eigenvalue weighted by Crippen LogP contribution is -2.32. The SMILES string of the molecule is C#CCN(CC#C)C(=O)c1cc(C(=C)C)c(OCc2ccccc2)cc1C.C=C(C)c1cc(C(=O)N2Cc3ccc(CCC=O)cc3C2)c(C)cc1OCc1ccccc1.C=C(C)c1cc(C(=O)N2Cc3ccc(CCCO)cc3C2)c(C)cc1OCc1ccccc1. The summed E-state index contributed by atoms with van der Waals surface area (Å²) in [5, 5.41) is 9.09. The lowest BCUT2D eigenvalue weighted by molar-refractivity contribution is -0.107. The van der Waals surface area contributed by atoms with Crippen LogP contribution in [0.1, 0.15) is 148 Å². The van der Waals surface area contributed by atoms with E-state index < -0.39 is 0 Å². The number of allylic oxidation sites excluding steroid dienone is 3. The van der Waals surface area contributed by atoms with Crippen LogP contribution in [0.3, 0.4) is 0 Å². The second-order valence-electron chi connectivity index (χ2n) is 23.8. The summed E-state index contributed by atoms with van der Waals surface area (Å²) < 4.78 is 18.2. The summed E-state index contributed by atoms with van der Waals surface area (Å²) in [5.41, 5.74) is 19.8. The number of hydrogen-bond acceptors (Lipinski definition) is 8. The number of rotatable bonds is 23. The Bertz CT molecular complexity index is 4100. The molecule has 0 saturated heterocycles. The molecule has 8 aromatic rings. The van der Waals surface area contributed by atoms with Crippen molar-refractivity contribution < 1.29 is 38.5 Å². The highest BCUT2D eigenvalue weighted by Gasteiger charge is 2.29. The smallest absolute Gasteiger partial charge is 0.255 e. The number of aryl methyl sites for hydroxylation is 5. The van der Waals surface area contributed by atoms with Crippen molar-refractivity contribution in [2.24, 2.45) is 0 Å². The number of aliphatic hydroxyl groups is 1. The lowest BCUT2D eigenvalue weighted by Gasteiger charge is -2.21. The number of nitrogens with zero attached hydrogens (tertiary/aromatic N) is 3. The molecule has 2 heterocycles. The van der Waals surface area contributed by atoms with Crippen molar-refractivity contribution in [3.63, 3.8) is 0 Å². The molecule has 8 aromatic carbocycles. The largest absolute Gasteiger partial charge is 0.488 e. The highest BCUT2D eigenvalue weighted by Crippen LogP contribution is 2.36. The third-order valence-electron chi connectivity index (χ3n) is 16.3. The minimum atomic E-state index is -0.194. The second kappa shape index (κ2) is 33.0. The maximum Gasteiger partial charge on any atom is 0.255 e. The molecule has 2 aliphatic rings. The van der Waals surface area contributed by atoms with Gasteiger partial charge < -0.3 is 38.8 Å². The number of aldehydes is 1. The molecule has 1 N–H and O–H groups in total. The van der Waals surface area contributed by atoms with E-state index in [2.05, 4.69) is 68.0 Å². The zero-order valence-corrected chi connectivity index (χ0v) is 54.5. The Labute approximate surface area is 549 Å². The topological polar surface area (TPSA) is 126 Å². The van der Waals surface area contributed by atoms with Crippen molar-refractivity contribution in [3.8, 4) is 41.9 Å². The molecule has 474 valence electrons. The highest BCUT2D eigenvalue weighted by atomic mass is 16.5. The first-order chi connectivity index (χ1) is 44.9. The lowest BCUT2D eigenvalue weighted by atomic mass is 9.99. The molecule has 2 aliphatic heterocycles. The molecule has 0 aliphatic carbocycles. The molecule has 11 heteroatoms. The number of fused-ring (bicyclic) bond motifs is 2. The van der Waals surface area contributed by atoms with Crippen molar-refractivity contribution in [1.29, 1.82) is 0 Å². The van der Waals surface area contributed by atoms with Gasteiger partial charge in [-0.1, -0.05) is 159 Å². The molecular weight excluding hydrogens is 1150 g/mol. The Kier molecular flexibility index (Phi) is 24.3. The molecule has 0 aromatic heterocycles. The van der Waals surface area contributed by atoms with E-state index in [1.807, 2.05) is 173 Å². The Morgan fingerprint density at radius 3 is 1.19 bits per heavy atom. The van der Waals surface area contributed by atoms with E-state index in [0.29, 0.717) is 74.9 Å². The van der Waals surface area contributed by atoms with E-state index in [0.717, 1.165) is 115 Å². The molecule has 11 nitrogen and oxygen atoms in total. The first-order valence-electron chi connectivity index (χ1n) is 31.3. The van der Waals surface area contributed by atoms with Crippen LogP contribution in [0.2, 0.25) is 0 Å². The number of hydrogen-bond donors (Lipinski definition) is 1. The summed E-state index contributed by atoms with van der Waals surface area (Å²) in [4.78, 5) is 55.8. The molecule has 0 bridgehead atoms. The number of carbonyl (C=O) groups is 4. The Hall–Kier alpha value is -10.5. The number of ether oxygens (including phenoxy) is 3. The van der Waals surface area contributed by atoms with E-state index in [1.165, 1.54) is 27.2 Å². The molecule has 0 atom stereocenters. The average molecular weight is 1240 g/mol. The number of terminal acetylenes is 2. The van der Waals surface area contributed by atoms with Gasteiger partial charge in [-0.15, -0.1) is 12.8 Å². The number of amides is 3. The molecule has 0 spiro atoms. The van der Waals surface area contributed by atoms with E-state index in [-0.39, 0.29) is 37.4 Å². The fourth-order valence-corrected chi connectivity index (χ4v) is 11.2. The van der Waals surface area contributed by atoms with E-state index in [9.17, 15) is 19.2 Å². The molecule has 0 unspecified atom stereocenters. The van der Waals surface area contributed by atoms with Crippen molar-refractivity contribution in [1.82, 2.24) is 14.7 Å². The number of aliphatic hydroxyl groups excluding tert-OH is 1.